The van der Waals surface area contributed by atoms with Gasteiger partial charge in [-0.25, -0.2) is 9.78 Å². The summed E-state index contributed by atoms with van der Waals surface area (Å²) < 4.78 is 11.1. The normalized spacial score (nSPS) is 19.6. The van der Waals surface area contributed by atoms with Gasteiger partial charge in [0.2, 0.25) is 6.79 Å². The van der Waals surface area contributed by atoms with Crippen molar-refractivity contribution >= 4 is 62.2 Å². The van der Waals surface area contributed by atoms with Crippen molar-refractivity contribution in [3.8, 4) is 11.5 Å². The van der Waals surface area contributed by atoms with Crippen LogP contribution in [0.1, 0.15) is 22.5 Å². The number of pyridine rings is 1. The van der Waals surface area contributed by atoms with Crippen molar-refractivity contribution in [3.63, 3.8) is 0 Å². The van der Waals surface area contributed by atoms with Gasteiger partial charge in [0, 0.05) is 18.8 Å². The quantitative estimate of drug-likeness (QED) is 0.577. The zero-order valence-electron chi connectivity index (χ0n) is 17.7. The highest BCUT2D eigenvalue weighted by Gasteiger charge is 2.37. The number of amides is 3. The van der Waals surface area contributed by atoms with Gasteiger partial charge in [0.25, 0.3) is 5.91 Å². The van der Waals surface area contributed by atoms with Crippen molar-refractivity contribution in [1.82, 2.24) is 15.2 Å². The van der Waals surface area contributed by atoms with Crippen molar-refractivity contribution in [1.29, 1.82) is 0 Å². The topological polar surface area (TPSA) is 96.0 Å². The summed E-state index contributed by atoms with van der Waals surface area (Å²) in [6.45, 7) is 1.88. The first-order valence-corrected chi connectivity index (χ1v) is 11.8. The number of hydrogen-bond donors (Lipinski definition) is 2. The minimum Gasteiger partial charge on any atom is -0.454 e. The van der Waals surface area contributed by atoms with Gasteiger partial charge < -0.3 is 25.0 Å². The first kappa shape index (κ1) is 20.5. The summed E-state index contributed by atoms with van der Waals surface area (Å²) in [5.41, 5.74) is 1.45. The Morgan fingerprint density at radius 3 is 3.06 bits per heavy atom. The van der Waals surface area contributed by atoms with Crippen LogP contribution in [-0.4, -0.2) is 54.8 Å². The Balaban J connectivity index is 1.43. The lowest BCUT2D eigenvalue weighted by molar-refractivity contribution is 0.0917. The van der Waals surface area contributed by atoms with E-state index in [2.05, 4.69) is 20.5 Å². The molecule has 3 aliphatic heterocycles. The number of ether oxygens (including phenoxy) is 2. The summed E-state index contributed by atoms with van der Waals surface area (Å²) in [5.74, 6) is 0.713. The molecule has 1 fully saturated rings. The molecule has 3 aromatic rings. The molecule has 0 unspecified atom stereocenters. The smallest absolute Gasteiger partial charge is 0.331 e. The molecule has 3 amide bonds. The van der Waals surface area contributed by atoms with Crippen LogP contribution in [0.15, 0.2) is 24.4 Å². The number of fused-ring (bicyclic) bond motifs is 1. The van der Waals surface area contributed by atoms with E-state index in [-0.39, 0.29) is 18.7 Å². The fourth-order valence-corrected chi connectivity index (χ4v) is 5.90. The Morgan fingerprint density at radius 1 is 1.33 bits per heavy atom. The van der Waals surface area contributed by atoms with Crippen molar-refractivity contribution in [3.05, 3.63) is 34.3 Å². The number of halogens is 1. The van der Waals surface area contributed by atoms with E-state index >= 15 is 0 Å². The number of thiophene rings is 1. The molecule has 6 rings (SSSR count). The number of piperidine rings is 1. The fraction of sp³-hybridized carbons (Fsp3) is 0.318. The lowest BCUT2D eigenvalue weighted by Gasteiger charge is -2.31. The van der Waals surface area contributed by atoms with Gasteiger partial charge in [0.1, 0.15) is 15.4 Å². The maximum atomic E-state index is 13.4. The number of likely N-dealkylation sites (N-methyl/N-ethyl adjacent to an activating group) is 1. The third-order valence-electron chi connectivity index (χ3n) is 6.10. The molecule has 0 aliphatic carbocycles. The molecule has 1 saturated heterocycles. The van der Waals surface area contributed by atoms with E-state index < -0.39 is 6.03 Å². The van der Waals surface area contributed by atoms with Gasteiger partial charge in [0.15, 0.2) is 11.5 Å². The molecule has 11 heteroatoms. The van der Waals surface area contributed by atoms with Gasteiger partial charge in [0.05, 0.1) is 21.8 Å². The molecule has 5 heterocycles. The SMILES string of the molecule is CN1CCC[C@@H](NC(=O)c2sc3nccc4c3c2NC(=O)N4c2c(Cl)ccc3c2OCO3)C1. The molecule has 1 aromatic carbocycles. The maximum Gasteiger partial charge on any atom is 0.331 e. The van der Waals surface area contributed by atoms with Gasteiger partial charge in [-0.2, -0.15) is 0 Å². The molecule has 0 saturated carbocycles. The van der Waals surface area contributed by atoms with Crippen LogP contribution in [0.2, 0.25) is 5.02 Å². The third-order valence-corrected chi connectivity index (χ3v) is 7.50. The standard InChI is InChI=1S/C22H20ClN5O4S/c1-27-8-2-3-11(9-27)25-20(29)19-16-15-13(6-7-24-21(15)33-19)28(22(30)26-16)17-12(23)4-5-14-18(17)32-10-31-14/h4-7,11H,2-3,8-10H2,1H3,(H,25,29)(H,26,30)/t11-/m1/s1. The number of benzene rings is 1. The summed E-state index contributed by atoms with van der Waals surface area (Å²) in [4.78, 5) is 35.8. The van der Waals surface area contributed by atoms with Gasteiger partial charge in [-0.3, -0.25) is 9.69 Å². The Kier molecular flexibility index (Phi) is 4.82. The second-order valence-corrected chi connectivity index (χ2v) is 9.69. The minimum atomic E-state index is -0.439. The van der Waals surface area contributed by atoms with Crippen LogP contribution in [0.3, 0.4) is 0 Å². The van der Waals surface area contributed by atoms with E-state index in [1.165, 1.54) is 16.2 Å². The predicted molar refractivity (Wildman–Crippen MR) is 126 cm³/mol. The number of anilines is 3. The highest BCUT2D eigenvalue weighted by molar-refractivity contribution is 7.21. The number of hydrogen-bond acceptors (Lipinski definition) is 7. The Hall–Kier alpha value is -3.08. The summed E-state index contributed by atoms with van der Waals surface area (Å²) in [7, 11) is 2.05. The molecule has 1 atom stereocenters. The lowest BCUT2D eigenvalue weighted by Crippen LogP contribution is -2.46. The molecule has 2 N–H and O–H groups in total. The molecular formula is C22H20ClN5O4S. The van der Waals surface area contributed by atoms with Crippen molar-refractivity contribution in [2.75, 3.05) is 37.1 Å². The van der Waals surface area contributed by atoms with E-state index in [4.69, 9.17) is 21.1 Å². The van der Waals surface area contributed by atoms with Crippen LogP contribution >= 0.6 is 22.9 Å². The number of likely N-dealkylation sites (tertiary alicyclic amines) is 1. The first-order valence-electron chi connectivity index (χ1n) is 10.6. The molecule has 0 bridgehead atoms. The number of rotatable bonds is 3. The fourth-order valence-electron chi connectivity index (χ4n) is 4.64. The van der Waals surface area contributed by atoms with E-state index in [0.29, 0.717) is 48.7 Å². The van der Waals surface area contributed by atoms with Gasteiger partial charge >= 0.3 is 6.03 Å². The molecule has 2 aromatic heterocycles. The number of urea groups is 1. The first-order chi connectivity index (χ1) is 16.0. The van der Waals surface area contributed by atoms with Crippen LogP contribution in [-0.2, 0) is 0 Å². The lowest BCUT2D eigenvalue weighted by atomic mass is 10.1. The summed E-state index contributed by atoms with van der Waals surface area (Å²) >= 11 is 7.77. The number of aromatic nitrogens is 1. The summed E-state index contributed by atoms with van der Waals surface area (Å²) in [6.07, 6.45) is 3.58. The largest absolute Gasteiger partial charge is 0.454 e. The van der Waals surface area contributed by atoms with Crippen LogP contribution in [0.4, 0.5) is 21.9 Å². The van der Waals surface area contributed by atoms with Crippen LogP contribution < -0.4 is 25.0 Å². The van der Waals surface area contributed by atoms with E-state index in [1.54, 1.807) is 24.4 Å². The second-order valence-electron chi connectivity index (χ2n) is 8.29. The summed E-state index contributed by atoms with van der Waals surface area (Å²) in [5, 5.41) is 7.06. The van der Waals surface area contributed by atoms with Crippen LogP contribution in [0.5, 0.6) is 11.5 Å². The zero-order chi connectivity index (χ0) is 22.7. The number of carbonyl (C=O) groups excluding carboxylic acids is 2. The molecule has 0 radical (unpaired) electrons. The van der Waals surface area contributed by atoms with Crippen molar-refractivity contribution in [2.24, 2.45) is 0 Å². The Bertz CT molecular complexity index is 1310. The Morgan fingerprint density at radius 2 is 2.21 bits per heavy atom. The highest BCUT2D eigenvalue weighted by Crippen LogP contribution is 2.52. The van der Waals surface area contributed by atoms with E-state index in [9.17, 15) is 9.59 Å². The molecular weight excluding hydrogens is 466 g/mol. The average Bonchev–Trinajstić information content (AvgIpc) is 3.41. The van der Waals surface area contributed by atoms with Gasteiger partial charge in [-0.05, 0) is 44.6 Å². The zero-order valence-corrected chi connectivity index (χ0v) is 19.3. The molecule has 170 valence electrons. The van der Waals surface area contributed by atoms with E-state index in [1.807, 2.05) is 7.05 Å². The molecule has 3 aliphatic rings. The third kappa shape index (κ3) is 3.28. The van der Waals surface area contributed by atoms with Crippen LogP contribution in [0, 0.1) is 0 Å². The van der Waals surface area contributed by atoms with Gasteiger partial charge in [-0.1, -0.05) is 11.6 Å². The van der Waals surface area contributed by atoms with Gasteiger partial charge in [-0.15, -0.1) is 11.3 Å². The average molecular weight is 486 g/mol. The summed E-state index contributed by atoms with van der Waals surface area (Å²) in [6, 6.07) is 4.74. The number of nitrogens with zero attached hydrogens (tertiary/aromatic N) is 3. The molecule has 0 spiro atoms. The van der Waals surface area contributed by atoms with Crippen molar-refractivity contribution in [2.45, 2.75) is 18.9 Å². The predicted octanol–water partition coefficient (Wildman–Crippen LogP) is 4.19. The van der Waals surface area contributed by atoms with Crippen LogP contribution in [0.25, 0.3) is 10.2 Å². The van der Waals surface area contributed by atoms with Crippen molar-refractivity contribution < 1.29 is 19.1 Å². The number of nitrogens with one attached hydrogen (secondary N) is 2. The number of carbonyl (C=O) groups is 2. The maximum absolute atomic E-state index is 13.4. The molecule has 33 heavy (non-hydrogen) atoms. The highest BCUT2D eigenvalue weighted by atomic mass is 35.5. The van der Waals surface area contributed by atoms with E-state index in [0.717, 1.165) is 25.9 Å². The monoisotopic (exact) mass is 485 g/mol. The minimum absolute atomic E-state index is 0.0499. The Labute approximate surface area is 198 Å². The molecule has 9 nitrogen and oxygen atoms in total. The second kappa shape index (κ2) is 7.75.